The molecule has 0 aromatic rings. The number of carbonyl (C=O) groups is 2. The molecule has 2 N–H and O–H groups in total. The molecule has 0 radical (unpaired) electrons. The molecule has 5 nitrogen and oxygen atoms in total. The fraction of sp³-hybridized carbons (Fsp3) is 0.875. The van der Waals surface area contributed by atoms with E-state index in [1.165, 1.54) is 0 Å². The van der Waals surface area contributed by atoms with Crippen molar-refractivity contribution in [3.05, 3.63) is 0 Å². The highest BCUT2D eigenvalue weighted by Crippen LogP contribution is 2.51. The molecular formula is C16H29NO4. The molecule has 0 aliphatic heterocycles. The zero-order valence-electron chi connectivity index (χ0n) is 13.9. The number of nitrogens with one attached hydrogen (secondary N) is 1. The van der Waals surface area contributed by atoms with E-state index in [1.54, 1.807) is 0 Å². The van der Waals surface area contributed by atoms with E-state index < -0.39 is 16.9 Å². The topological polar surface area (TPSA) is 75.6 Å². The summed E-state index contributed by atoms with van der Waals surface area (Å²) >= 11 is 0. The predicted octanol–water partition coefficient (Wildman–Crippen LogP) is 2.59. The summed E-state index contributed by atoms with van der Waals surface area (Å²) in [5.74, 6) is -0.836. The highest BCUT2D eigenvalue weighted by atomic mass is 16.5. The van der Waals surface area contributed by atoms with Crippen molar-refractivity contribution in [2.75, 3.05) is 6.61 Å². The Morgan fingerprint density at radius 2 is 1.86 bits per heavy atom. The summed E-state index contributed by atoms with van der Waals surface area (Å²) in [6, 6.07) is 0. The van der Waals surface area contributed by atoms with Crippen molar-refractivity contribution in [1.29, 1.82) is 0 Å². The van der Waals surface area contributed by atoms with Gasteiger partial charge in [0.25, 0.3) is 0 Å². The minimum absolute atomic E-state index is 0.132. The Morgan fingerprint density at radius 1 is 1.29 bits per heavy atom. The van der Waals surface area contributed by atoms with Gasteiger partial charge in [0, 0.05) is 24.9 Å². The van der Waals surface area contributed by atoms with Gasteiger partial charge in [-0.2, -0.15) is 0 Å². The van der Waals surface area contributed by atoms with Crippen LogP contribution in [0.3, 0.4) is 0 Å². The molecule has 1 aliphatic carbocycles. The molecule has 0 bridgehead atoms. The van der Waals surface area contributed by atoms with Gasteiger partial charge in [-0.3, -0.25) is 4.79 Å². The summed E-state index contributed by atoms with van der Waals surface area (Å²) in [6.45, 7) is 10.2. The van der Waals surface area contributed by atoms with E-state index in [0.717, 1.165) is 12.8 Å². The van der Waals surface area contributed by atoms with Gasteiger partial charge in [0.05, 0.1) is 6.10 Å². The van der Waals surface area contributed by atoms with Crippen LogP contribution in [0.1, 0.15) is 60.3 Å². The molecule has 0 aromatic carbocycles. The molecule has 1 aliphatic rings. The first kappa shape index (κ1) is 18.0. The maximum absolute atomic E-state index is 12.2. The van der Waals surface area contributed by atoms with E-state index in [1.807, 2.05) is 34.6 Å². The Balaban J connectivity index is 2.81. The fourth-order valence-electron chi connectivity index (χ4n) is 3.17. The number of carboxylic acid groups (broad SMARTS) is 1. The molecule has 2 unspecified atom stereocenters. The van der Waals surface area contributed by atoms with Crippen molar-refractivity contribution in [3.8, 4) is 0 Å². The lowest BCUT2D eigenvalue weighted by Crippen LogP contribution is -2.76. The largest absolute Gasteiger partial charge is 0.479 e. The van der Waals surface area contributed by atoms with Crippen LogP contribution in [0.5, 0.6) is 0 Å². The second-order valence-corrected chi connectivity index (χ2v) is 6.52. The number of ether oxygens (including phenoxy) is 1. The zero-order valence-corrected chi connectivity index (χ0v) is 13.9. The number of carbonyl (C=O) groups excluding carboxylic acids is 1. The lowest BCUT2D eigenvalue weighted by atomic mass is 9.54. The maximum atomic E-state index is 12.2. The van der Waals surface area contributed by atoms with Crippen LogP contribution in [0, 0.1) is 11.3 Å². The zero-order chi connectivity index (χ0) is 16.3. The number of carboxylic acids is 1. The minimum Gasteiger partial charge on any atom is -0.479 e. The number of amides is 1. The van der Waals surface area contributed by atoms with Crippen molar-refractivity contribution >= 4 is 11.9 Å². The number of hydrogen-bond acceptors (Lipinski definition) is 3. The lowest BCUT2D eigenvalue weighted by Gasteiger charge is -2.58. The van der Waals surface area contributed by atoms with Gasteiger partial charge in [-0.25, -0.2) is 4.79 Å². The molecule has 5 heteroatoms. The number of rotatable bonds is 8. The first-order valence-electron chi connectivity index (χ1n) is 7.91. The van der Waals surface area contributed by atoms with Gasteiger partial charge >= 0.3 is 5.97 Å². The van der Waals surface area contributed by atoms with Crippen LogP contribution in [-0.2, 0) is 14.3 Å². The lowest BCUT2D eigenvalue weighted by molar-refractivity contribution is -0.194. The number of hydrogen-bond donors (Lipinski definition) is 2. The van der Waals surface area contributed by atoms with Crippen LogP contribution in [0.25, 0.3) is 0 Å². The van der Waals surface area contributed by atoms with Gasteiger partial charge in [-0.1, -0.05) is 40.5 Å². The van der Waals surface area contributed by atoms with E-state index >= 15 is 0 Å². The highest BCUT2D eigenvalue weighted by molar-refractivity contribution is 5.89. The van der Waals surface area contributed by atoms with Crippen molar-refractivity contribution < 1.29 is 19.4 Å². The van der Waals surface area contributed by atoms with E-state index in [2.05, 4.69) is 5.32 Å². The second kappa shape index (κ2) is 6.77. The van der Waals surface area contributed by atoms with Crippen molar-refractivity contribution in [1.82, 2.24) is 5.32 Å². The Kier molecular flexibility index (Phi) is 5.79. The summed E-state index contributed by atoms with van der Waals surface area (Å²) in [4.78, 5) is 24.0. The Labute approximate surface area is 127 Å². The molecule has 1 saturated carbocycles. The molecule has 2 atom stereocenters. The molecule has 1 amide bonds. The molecule has 1 fully saturated rings. The van der Waals surface area contributed by atoms with Crippen LogP contribution in [0.4, 0.5) is 0 Å². The third-order valence-electron chi connectivity index (χ3n) is 5.11. The van der Waals surface area contributed by atoms with Gasteiger partial charge in [0.1, 0.15) is 5.54 Å². The molecule has 0 saturated heterocycles. The Morgan fingerprint density at radius 3 is 2.24 bits per heavy atom. The van der Waals surface area contributed by atoms with Crippen LogP contribution in [0.2, 0.25) is 0 Å². The smallest absolute Gasteiger partial charge is 0.330 e. The summed E-state index contributed by atoms with van der Waals surface area (Å²) in [6.07, 6.45) is 2.44. The van der Waals surface area contributed by atoms with Gasteiger partial charge in [0.2, 0.25) is 5.91 Å². The van der Waals surface area contributed by atoms with Crippen molar-refractivity contribution in [2.45, 2.75) is 71.9 Å². The summed E-state index contributed by atoms with van der Waals surface area (Å²) in [5.41, 5.74) is -1.83. The molecule has 0 heterocycles. The Hall–Kier alpha value is -1.10. The summed E-state index contributed by atoms with van der Waals surface area (Å²) in [7, 11) is 0. The summed E-state index contributed by atoms with van der Waals surface area (Å²) < 4.78 is 5.59. The minimum atomic E-state index is -1.21. The predicted molar refractivity (Wildman–Crippen MR) is 81.0 cm³/mol. The molecule has 1 rings (SSSR count). The van der Waals surface area contributed by atoms with Gasteiger partial charge < -0.3 is 15.2 Å². The monoisotopic (exact) mass is 299 g/mol. The first-order chi connectivity index (χ1) is 9.75. The van der Waals surface area contributed by atoms with E-state index in [4.69, 9.17) is 4.74 Å². The third kappa shape index (κ3) is 3.23. The summed E-state index contributed by atoms with van der Waals surface area (Å²) in [5, 5.41) is 12.4. The Bertz CT molecular complexity index is 390. The average Bonchev–Trinajstić information content (AvgIpc) is 2.42. The van der Waals surface area contributed by atoms with E-state index in [9.17, 15) is 14.7 Å². The van der Waals surface area contributed by atoms with E-state index in [-0.39, 0.29) is 12.0 Å². The van der Waals surface area contributed by atoms with Crippen LogP contribution in [-0.4, -0.2) is 35.2 Å². The fourth-order valence-corrected chi connectivity index (χ4v) is 3.17. The molecular weight excluding hydrogens is 270 g/mol. The second-order valence-electron chi connectivity index (χ2n) is 6.52. The van der Waals surface area contributed by atoms with Gasteiger partial charge in [0.15, 0.2) is 0 Å². The molecule has 0 spiro atoms. The quantitative estimate of drug-likeness (QED) is 0.722. The van der Waals surface area contributed by atoms with Gasteiger partial charge in [-0.15, -0.1) is 0 Å². The molecule has 122 valence electrons. The van der Waals surface area contributed by atoms with Crippen LogP contribution >= 0.6 is 0 Å². The normalized spacial score (nSPS) is 27.2. The van der Waals surface area contributed by atoms with Crippen molar-refractivity contribution in [2.24, 2.45) is 11.3 Å². The van der Waals surface area contributed by atoms with Gasteiger partial charge in [-0.05, 0) is 12.8 Å². The first-order valence-corrected chi connectivity index (χ1v) is 7.91. The number of aliphatic carboxylic acids is 1. The SMILES string of the molecule is CCOC1CC(NC(=O)CC(CC)CC)(C(=O)O)C1(C)C. The van der Waals surface area contributed by atoms with Crippen LogP contribution in [0.15, 0.2) is 0 Å². The maximum Gasteiger partial charge on any atom is 0.330 e. The highest BCUT2D eigenvalue weighted by Gasteiger charge is 2.66. The van der Waals surface area contributed by atoms with Crippen LogP contribution < -0.4 is 5.32 Å². The van der Waals surface area contributed by atoms with Crippen molar-refractivity contribution in [3.63, 3.8) is 0 Å². The standard InChI is InChI=1S/C16H29NO4/c1-6-11(7-2)9-13(18)17-16(14(19)20)10-12(21-8-3)15(16,4)5/h11-12H,6-10H2,1-5H3,(H,17,18)(H,19,20). The molecule has 0 aromatic heterocycles. The molecule has 21 heavy (non-hydrogen) atoms. The average molecular weight is 299 g/mol. The third-order valence-corrected chi connectivity index (χ3v) is 5.11. The van der Waals surface area contributed by atoms with E-state index in [0.29, 0.717) is 25.4 Å².